The van der Waals surface area contributed by atoms with Gasteiger partial charge in [0.1, 0.15) is 5.69 Å². The molecule has 0 heterocycles. The molecule has 1 aromatic carbocycles. The van der Waals surface area contributed by atoms with E-state index in [9.17, 15) is 10.4 Å². The Morgan fingerprint density at radius 1 is 1.18 bits per heavy atom. The monoisotopic (exact) mass is 308 g/mol. The molecule has 0 saturated heterocycles. The van der Waals surface area contributed by atoms with E-state index in [1.54, 1.807) is 6.21 Å². The highest BCUT2D eigenvalue weighted by Crippen LogP contribution is 2.20. The van der Waals surface area contributed by atoms with Gasteiger partial charge in [0.15, 0.2) is 11.4 Å². The smallest absolute Gasteiger partial charge is 0.195 e. The van der Waals surface area contributed by atoms with Gasteiger partial charge in [-0.15, -0.1) is 0 Å². The van der Waals surface area contributed by atoms with Crippen LogP contribution in [0.25, 0.3) is 0 Å². The first-order valence-electron chi connectivity index (χ1n) is 6.56. The van der Waals surface area contributed by atoms with E-state index in [4.69, 9.17) is 10.4 Å². The van der Waals surface area contributed by atoms with Crippen molar-refractivity contribution in [2.75, 3.05) is 5.43 Å². The van der Waals surface area contributed by atoms with Crippen LogP contribution in [0.15, 0.2) is 46.6 Å². The molecule has 0 saturated carbocycles. The van der Waals surface area contributed by atoms with Gasteiger partial charge in [0, 0.05) is 6.07 Å². The topological polar surface area (TPSA) is 120 Å². The average molecular weight is 308 g/mol. The lowest BCUT2D eigenvalue weighted by Gasteiger charge is -2.17. The molecule has 120 valence electrons. The molecular weight excluding hydrogens is 288 g/mol. The number of hydrogen-bond donors (Lipinski definition) is 5. The van der Waals surface area contributed by atoms with E-state index < -0.39 is 10.5 Å². The van der Waals surface area contributed by atoms with E-state index in [-0.39, 0.29) is 17.1 Å². The third-order valence-electron chi connectivity index (χ3n) is 2.86. The van der Waals surface area contributed by atoms with Crippen molar-refractivity contribution in [3.63, 3.8) is 0 Å². The number of anilines is 1. The minimum atomic E-state index is -1.22. The van der Waals surface area contributed by atoms with Crippen LogP contribution in [-0.2, 0) is 0 Å². The first kappa shape index (κ1) is 18.0. The van der Waals surface area contributed by atoms with Crippen LogP contribution in [0.1, 0.15) is 20.8 Å². The summed E-state index contributed by atoms with van der Waals surface area (Å²) in [5.74, 6) is 0. The van der Waals surface area contributed by atoms with Crippen LogP contribution in [0.5, 0.6) is 0 Å². The van der Waals surface area contributed by atoms with Gasteiger partial charge < -0.3 is 10.4 Å². The first-order chi connectivity index (χ1) is 10.3. The molecule has 2 unspecified atom stereocenters. The molecule has 0 radical (unpaired) electrons. The van der Waals surface area contributed by atoms with Crippen molar-refractivity contribution < 1.29 is 20.9 Å². The summed E-state index contributed by atoms with van der Waals surface area (Å²) in [6.45, 7) is 5.75. The second kappa shape index (κ2) is 8.39. The molecule has 2 atom stereocenters. The zero-order valence-electron chi connectivity index (χ0n) is 12.6. The fourth-order valence-corrected chi connectivity index (χ4v) is 1.64. The lowest BCUT2D eigenvalue weighted by Crippen LogP contribution is -3.00. The molecule has 0 aliphatic heterocycles. The largest absolute Gasteiger partial charge is 0.595 e. The number of quaternary nitrogens is 2. The van der Waals surface area contributed by atoms with E-state index in [1.165, 1.54) is 12.1 Å². The van der Waals surface area contributed by atoms with Crippen molar-refractivity contribution in [3.8, 4) is 0 Å². The van der Waals surface area contributed by atoms with Crippen LogP contribution in [0.3, 0.4) is 0 Å². The molecular formula is C14H20N4O4. The summed E-state index contributed by atoms with van der Waals surface area (Å²) in [6.07, 6.45) is 5.44. The Balaban J connectivity index is 2.92. The second-order valence-corrected chi connectivity index (χ2v) is 4.66. The maximum atomic E-state index is 11.2. The lowest BCUT2D eigenvalue weighted by molar-refractivity contribution is -0.996. The van der Waals surface area contributed by atoms with Crippen LogP contribution < -0.4 is 15.9 Å². The molecule has 1 aromatic rings. The van der Waals surface area contributed by atoms with Crippen LogP contribution in [0, 0.1) is 10.4 Å². The Morgan fingerprint density at radius 2 is 1.86 bits per heavy atom. The highest BCUT2D eigenvalue weighted by molar-refractivity contribution is 5.79. The van der Waals surface area contributed by atoms with Gasteiger partial charge in [0.25, 0.3) is 0 Å². The van der Waals surface area contributed by atoms with Gasteiger partial charge in [-0.1, -0.05) is 17.7 Å². The highest BCUT2D eigenvalue weighted by atomic mass is 16.8. The predicted molar refractivity (Wildman–Crippen MR) is 83.3 cm³/mol. The van der Waals surface area contributed by atoms with Gasteiger partial charge >= 0.3 is 0 Å². The molecule has 0 bridgehead atoms. The molecule has 0 aromatic heterocycles. The van der Waals surface area contributed by atoms with Gasteiger partial charge in [-0.2, -0.15) is 15.6 Å². The maximum absolute atomic E-state index is 11.2. The predicted octanol–water partition coefficient (Wildman–Crippen LogP) is 0.804. The van der Waals surface area contributed by atoms with E-state index in [1.807, 2.05) is 32.9 Å². The lowest BCUT2D eigenvalue weighted by atomic mass is 10.2. The minimum absolute atomic E-state index is 0.0910. The first-order valence-corrected chi connectivity index (χ1v) is 6.56. The van der Waals surface area contributed by atoms with Gasteiger partial charge in [-0.25, -0.2) is 10.4 Å². The minimum Gasteiger partial charge on any atom is -0.595 e. The van der Waals surface area contributed by atoms with Crippen LogP contribution >= 0.6 is 0 Å². The number of nitrogens with zero attached hydrogens (tertiary/aromatic N) is 1. The molecule has 0 aliphatic rings. The number of benzene rings is 1. The Bertz CT molecular complexity index is 595. The van der Waals surface area contributed by atoms with Gasteiger partial charge in [0.2, 0.25) is 0 Å². The zero-order chi connectivity index (χ0) is 16.7. The van der Waals surface area contributed by atoms with Crippen molar-refractivity contribution in [1.29, 1.82) is 0 Å². The summed E-state index contributed by atoms with van der Waals surface area (Å²) >= 11 is 0. The Morgan fingerprint density at radius 3 is 2.41 bits per heavy atom. The SMILES string of the molecule is CC=C(C)C=C(C)C=NNc1ccc([NH+]([O-])O)cc1[NH+]([O-])O. The molecule has 22 heavy (non-hydrogen) atoms. The number of allylic oxidation sites excluding steroid dienone is 4. The van der Waals surface area contributed by atoms with Crippen molar-refractivity contribution in [2.24, 2.45) is 5.10 Å². The third kappa shape index (κ3) is 5.37. The highest BCUT2D eigenvalue weighted by Gasteiger charge is 2.13. The van der Waals surface area contributed by atoms with Gasteiger partial charge in [0.05, 0.1) is 12.3 Å². The Hall–Kier alpha value is -2.07. The van der Waals surface area contributed by atoms with Crippen LogP contribution in [-0.4, -0.2) is 16.6 Å². The average Bonchev–Trinajstić information content (AvgIpc) is 2.46. The fraction of sp³-hybridized carbons (Fsp3) is 0.214. The molecule has 0 aliphatic carbocycles. The van der Waals surface area contributed by atoms with Gasteiger partial charge in [-0.05, 0) is 32.4 Å². The summed E-state index contributed by atoms with van der Waals surface area (Å²) in [6, 6.07) is 3.79. The van der Waals surface area contributed by atoms with E-state index in [0.717, 1.165) is 17.2 Å². The summed E-state index contributed by atoms with van der Waals surface area (Å²) in [4.78, 5) is 0. The number of nitrogens with one attached hydrogen (secondary N) is 3. The molecule has 0 spiro atoms. The Labute approximate surface area is 128 Å². The number of rotatable bonds is 6. The number of hydrazone groups is 1. The molecule has 8 nitrogen and oxygen atoms in total. The summed E-state index contributed by atoms with van der Waals surface area (Å²) < 4.78 is 0. The quantitative estimate of drug-likeness (QED) is 0.302. The molecule has 0 amide bonds. The van der Waals surface area contributed by atoms with Crippen molar-refractivity contribution in [3.05, 3.63) is 51.9 Å². The second-order valence-electron chi connectivity index (χ2n) is 4.66. The van der Waals surface area contributed by atoms with Crippen LogP contribution in [0.2, 0.25) is 0 Å². The standard InChI is InChI=1S/C14H20N4O4/c1-4-10(2)7-11(3)9-15-16-13-6-5-12(17(19)20)8-14(13)18(21)22/h4-9,16-19,21H,1-3H3. The van der Waals surface area contributed by atoms with Gasteiger partial charge in [-0.3, -0.25) is 5.43 Å². The van der Waals surface area contributed by atoms with E-state index >= 15 is 0 Å². The van der Waals surface area contributed by atoms with E-state index in [2.05, 4.69) is 10.5 Å². The van der Waals surface area contributed by atoms with Crippen molar-refractivity contribution in [2.45, 2.75) is 20.8 Å². The van der Waals surface area contributed by atoms with Crippen LogP contribution in [0.4, 0.5) is 17.1 Å². The third-order valence-corrected chi connectivity index (χ3v) is 2.86. The summed E-state index contributed by atoms with van der Waals surface area (Å²) in [7, 11) is 0. The molecule has 8 heteroatoms. The molecule has 1 rings (SSSR count). The molecule has 0 fully saturated rings. The summed E-state index contributed by atoms with van der Waals surface area (Å²) in [5.41, 5.74) is 4.58. The fourth-order valence-electron chi connectivity index (χ4n) is 1.64. The Kier molecular flexibility index (Phi) is 6.86. The summed E-state index contributed by atoms with van der Waals surface area (Å²) in [5, 5.41) is 41.6. The zero-order valence-corrected chi connectivity index (χ0v) is 12.6. The van der Waals surface area contributed by atoms with Crippen molar-refractivity contribution in [1.82, 2.24) is 0 Å². The molecule has 5 N–H and O–H groups in total. The maximum Gasteiger partial charge on any atom is 0.195 e. The number of hydrogen-bond acceptors (Lipinski definition) is 6. The van der Waals surface area contributed by atoms with Crippen molar-refractivity contribution >= 4 is 23.3 Å². The normalized spacial score (nSPS) is 16.0. The van der Waals surface area contributed by atoms with E-state index in [0.29, 0.717) is 0 Å².